The maximum atomic E-state index is 10.8. The molecule has 0 amide bonds. The molecule has 0 saturated carbocycles. The second-order valence-electron chi connectivity index (χ2n) is 0.884. The van der Waals surface area contributed by atoms with E-state index in [4.69, 9.17) is 0 Å². The second-order valence-corrected chi connectivity index (χ2v) is 3.44. The van der Waals surface area contributed by atoms with Gasteiger partial charge in [0, 0.05) is 38.0 Å². The van der Waals surface area contributed by atoms with Gasteiger partial charge in [0.1, 0.15) is 0 Å². The molecule has 0 aromatic heterocycles. The van der Waals surface area contributed by atoms with Crippen molar-refractivity contribution >= 4 is 47.0 Å². The molecule has 0 N–H and O–H groups in total. The van der Waals surface area contributed by atoms with E-state index in [1.165, 1.54) is 0 Å². The Morgan fingerprint density at radius 1 is 1.22 bits per heavy atom. The van der Waals surface area contributed by atoms with Crippen LogP contribution in [-0.2, 0) is 9.05 Å². The van der Waals surface area contributed by atoms with Gasteiger partial charge in [0.25, 0.3) is 0 Å². The zero-order chi connectivity index (χ0) is 7.00. The molecule has 0 spiro atoms. The van der Waals surface area contributed by atoms with E-state index >= 15 is 0 Å². The molecule has 2 nitrogen and oxygen atoms in total. The monoisotopic (exact) mass is 376 g/mol. The zero-order valence-electron chi connectivity index (χ0n) is 3.74. The van der Waals surface area contributed by atoms with Crippen LogP contribution in [-0.4, -0.2) is 41.2 Å². The van der Waals surface area contributed by atoms with Crippen LogP contribution in [0.3, 0.4) is 0 Å². The Hall–Kier alpha value is 0.952. The van der Waals surface area contributed by atoms with Crippen LogP contribution in [0.4, 0.5) is 13.2 Å². The summed E-state index contributed by atoms with van der Waals surface area (Å²) >= 11 is 0. The number of hydrogen-bond acceptors (Lipinski definition) is 2. The Morgan fingerprint density at radius 2 is 1.33 bits per heavy atom. The molecule has 0 aromatic rings. The summed E-state index contributed by atoms with van der Waals surface area (Å²) in [4.78, 5) is 0. The van der Waals surface area contributed by atoms with Crippen molar-refractivity contribution in [1.82, 2.24) is 0 Å². The van der Waals surface area contributed by atoms with Crippen LogP contribution in [0, 0.1) is 0 Å². The van der Waals surface area contributed by atoms with Gasteiger partial charge in [-0.05, 0) is 0 Å². The van der Waals surface area contributed by atoms with Crippen LogP contribution < -0.4 is 0 Å². The second kappa shape index (κ2) is 3.37. The molecule has 0 fully saturated rings. The quantitative estimate of drug-likeness (QED) is 0.461. The van der Waals surface area contributed by atoms with Gasteiger partial charge >= 0.3 is 14.6 Å². The van der Waals surface area contributed by atoms with Gasteiger partial charge in [0.15, 0.2) is 0 Å². The molecule has 0 rings (SSSR count). The minimum atomic E-state index is -5.37. The number of rotatable bonds is 0. The van der Waals surface area contributed by atoms with E-state index in [0.29, 0.717) is 0 Å². The van der Waals surface area contributed by atoms with Crippen molar-refractivity contribution < 1.29 is 21.6 Å². The molecule has 0 bridgehead atoms. The van der Waals surface area contributed by atoms with Crippen LogP contribution >= 0.6 is 10.7 Å². The van der Waals surface area contributed by atoms with E-state index < -0.39 is 14.6 Å². The van der Waals surface area contributed by atoms with Crippen LogP contribution in [0.25, 0.3) is 0 Å². The van der Waals surface area contributed by atoms with E-state index in [2.05, 4.69) is 10.7 Å². The third-order valence-electron chi connectivity index (χ3n) is 0.276. The average Bonchev–Trinajstić information content (AvgIpc) is 1.25. The summed E-state index contributed by atoms with van der Waals surface area (Å²) in [5.41, 5.74) is -5.32. The van der Waals surface area contributed by atoms with Gasteiger partial charge in [0.2, 0.25) is 0 Å². The van der Waals surface area contributed by atoms with Crippen molar-refractivity contribution in [2.75, 3.05) is 0 Å². The van der Waals surface area contributed by atoms with Crippen molar-refractivity contribution in [2.24, 2.45) is 0 Å². The van der Waals surface area contributed by atoms with Gasteiger partial charge in [-0.1, -0.05) is 0 Å². The predicted octanol–water partition coefficient (Wildman–Crippen LogP) is 0.694. The number of alkyl halides is 3. The Morgan fingerprint density at radius 3 is 1.33 bits per heavy atom. The summed E-state index contributed by atoms with van der Waals surface area (Å²) in [7, 11) is -1.51. The summed E-state index contributed by atoms with van der Waals surface area (Å²) in [5.74, 6) is 0. The van der Waals surface area contributed by atoms with Crippen LogP contribution in [0.15, 0.2) is 0 Å². The van der Waals surface area contributed by atoms with E-state index in [1.807, 2.05) is 0 Å². The first kappa shape index (κ1) is 12.6. The fraction of sp³-hybridized carbons (Fsp3) is 1.00. The van der Waals surface area contributed by atoms with Gasteiger partial charge in [-0.15, -0.1) is 0 Å². The summed E-state index contributed by atoms with van der Waals surface area (Å²) < 4.78 is 51.1. The first-order chi connectivity index (χ1) is 3.25. The summed E-state index contributed by atoms with van der Waals surface area (Å²) in [6.07, 6.45) is 0. The standard InChI is InChI=1S/CClF3O2S.Pb/c2-8(6,7)1(3,4)5;. The largest absolute Gasteiger partial charge is 0.511 e. The predicted molar refractivity (Wildman–Crippen MR) is 26.6 cm³/mol. The molecule has 8 heteroatoms. The van der Waals surface area contributed by atoms with E-state index in [1.54, 1.807) is 0 Å². The topological polar surface area (TPSA) is 34.1 Å². The van der Waals surface area contributed by atoms with Crippen LogP contribution in [0.1, 0.15) is 0 Å². The van der Waals surface area contributed by atoms with Gasteiger partial charge in [0.05, 0.1) is 0 Å². The van der Waals surface area contributed by atoms with E-state index in [9.17, 15) is 21.6 Å². The first-order valence-corrected chi connectivity index (χ1v) is 3.57. The molecule has 9 heavy (non-hydrogen) atoms. The molecule has 0 aromatic carbocycles. The summed E-state index contributed by atoms with van der Waals surface area (Å²) in [5, 5.41) is 0. The van der Waals surface area contributed by atoms with Crippen LogP contribution in [0.2, 0.25) is 0 Å². The van der Waals surface area contributed by atoms with Gasteiger partial charge in [-0.2, -0.15) is 13.2 Å². The zero-order valence-corrected chi connectivity index (χ0v) is 9.20. The molecule has 54 valence electrons. The van der Waals surface area contributed by atoms with E-state index in [0.717, 1.165) is 0 Å². The van der Waals surface area contributed by atoms with Crippen LogP contribution in [0.5, 0.6) is 0 Å². The molecule has 0 heterocycles. The fourth-order valence-corrected chi connectivity index (χ4v) is 0. The van der Waals surface area contributed by atoms with Crippen molar-refractivity contribution in [3.63, 3.8) is 0 Å². The molecule has 4 radical (unpaired) electrons. The normalized spacial score (nSPS) is 12.4. The minimum Gasteiger partial charge on any atom is -0.203 e. The summed E-state index contributed by atoms with van der Waals surface area (Å²) in [6, 6.07) is 0. The average molecular weight is 376 g/mol. The van der Waals surface area contributed by atoms with Gasteiger partial charge in [-0.25, -0.2) is 8.42 Å². The van der Waals surface area contributed by atoms with Crippen molar-refractivity contribution in [3.05, 3.63) is 0 Å². The van der Waals surface area contributed by atoms with Gasteiger partial charge < -0.3 is 0 Å². The molecular weight excluding hydrogens is 376 g/mol. The molecule has 0 aliphatic carbocycles. The summed E-state index contributed by atoms with van der Waals surface area (Å²) in [6.45, 7) is 0. The molecule has 0 aliphatic rings. The minimum absolute atomic E-state index is 0. The van der Waals surface area contributed by atoms with E-state index in [-0.39, 0.29) is 27.3 Å². The fourth-order valence-electron chi connectivity index (χ4n) is 0. The Bertz CT molecular complexity index is 171. The molecular formula is CClF3O2PbS. The molecule has 0 saturated heterocycles. The maximum Gasteiger partial charge on any atom is 0.511 e. The SMILES string of the molecule is O=S(=O)(Cl)C(F)(F)F.[Pb]. The Balaban J connectivity index is 0. The number of halogens is 4. The van der Waals surface area contributed by atoms with Gasteiger partial charge in [-0.3, -0.25) is 0 Å². The van der Waals surface area contributed by atoms with Crippen molar-refractivity contribution in [3.8, 4) is 0 Å². The first-order valence-electron chi connectivity index (χ1n) is 1.26. The third kappa shape index (κ3) is 4.37. The maximum absolute atomic E-state index is 10.8. The number of hydrogen-bond donors (Lipinski definition) is 0. The Labute approximate surface area is 74.0 Å². The molecule has 0 unspecified atom stereocenters. The molecule has 0 aliphatic heterocycles. The molecule has 0 atom stereocenters. The van der Waals surface area contributed by atoms with Crippen molar-refractivity contribution in [2.45, 2.75) is 5.51 Å². The Kier molecular flexibility index (Phi) is 4.73. The van der Waals surface area contributed by atoms with Crippen molar-refractivity contribution in [1.29, 1.82) is 0 Å². The third-order valence-corrected chi connectivity index (χ3v) is 1.35. The smallest absolute Gasteiger partial charge is 0.203 e.